The van der Waals surface area contributed by atoms with Crippen molar-refractivity contribution in [2.75, 3.05) is 0 Å². The molecule has 0 radical (unpaired) electrons. The molecule has 1 N–H and O–H groups in total. The van der Waals surface area contributed by atoms with E-state index in [-0.39, 0.29) is 0 Å². The highest BCUT2D eigenvalue weighted by molar-refractivity contribution is 9.10. The van der Waals surface area contributed by atoms with E-state index in [1.807, 2.05) is 0 Å². The highest BCUT2D eigenvalue weighted by atomic mass is 79.9. The lowest BCUT2D eigenvalue weighted by molar-refractivity contribution is -0.110. The van der Waals surface area contributed by atoms with Crippen molar-refractivity contribution in [1.82, 2.24) is 5.32 Å². The fourth-order valence-electron chi connectivity index (χ4n) is 1.10. The van der Waals surface area contributed by atoms with Crippen LogP contribution in [0.3, 0.4) is 0 Å². The minimum Gasteiger partial charge on any atom is -0.465 e. The molecule has 0 saturated heterocycles. The first-order valence-corrected chi connectivity index (χ1v) is 5.80. The minimum absolute atomic E-state index is 0.345. The summed E-state index contributed by atoms with van der Waals surface area (Å²) in [5.74, 6) is 0.345. The lowest BCUT2D eigenvalue weighted by Gasteiger charge is -2.20. The number of hydrogen-bond donors (Lipinski definition) is 1. The predicted octanol–water partition coefficient (Wildman–Crippen LogP) is 2.81. The van der Waals surface area contributed by atoms with E-state index in [4.69, 9.17) is 9.15 Å². The molecule has 94 valence electrons. The molecule has 5 nitrogen and oxygen atoms in total. The third kappa shape index (κ3) is 4.60. The average molecular weight is 304 g/mol. The minimum atomic E-state index is -0.851. The molecule has 0 saturated carbocycles. The van der Waals surface area contributed by atoms with Crippen molar-refractivity contribution in [3.8, 4) is 0 Å². The lowest BCUT2D eigenvalue weighted by Crippen LogP contribution is -2.35. The summed E-state index contributed by atoms with van der Waals surface area (Å²) >= 11 is 3.19. The quantitative estimate of drug-likeness (QED) is 0.872. The fourth-order valence-corrected chi connectivity index (χ4v) is 1.42. The lowest BCUT2D eigenvalue weighted by atomic mass is 10.2. The zero-order valence-electron chi connectivity index (χ0n) is 9.82. The van der Waals surface area contributed by atoms with Crippen LogP contribution in [-0.2, 0) is 9.53 Å². The van der Waals surface area contributed by atoms with Crippen LogP contribution >= 0.6 is 15.9 Å². The SMILES string of the molecule is CC(C)(C)OC(=O)NC(C=O)c1cc(Br)co1. The third-order valence-corrected chi connectivity index (χ3v) is 2.12. The molecule has 17 heavy (non-hydrogen) atoms. The molecule has 1 rings (SSSR count). The molecule has 0 aliphatic carbocycles. The van der Waals surface area contributed by atoms with Gasteiger partial charge in [0.2, 0.25) is 0 Å². The Bertz CT molecular complexity index is 408. The number of carbonyl (C=O) groups is 2. The first-order valence-electron chi connectivity index (χ1n) is 5.00. The highest BCUT2D eigenvalue weighted by Crippen LogP contribution is 2.19. The number of halogens is 1. The molecule has 0 aliphatic heterocycles. The number of furan rings is 1. The Morgan fingerprint density at radius 3 is 2.65 bits per heavy atom. The number of aldehydes is 1. The number of amides is 1. The summed E-state index contributed by atoms with van der Waals surface area (Å²) < 4.78 is 10.8. The Morgan fingerprint density at radius 2 is 2.24 bits per heavy atom. The zero-order chi connectivity index (χ0) is 13.1. The van der Waals surface area contributed by atoms with Crippen LogP contribution in [-0.4, -0.2) is 18.0 Å². The molecule has 1 amide bonds. The molecule has 0 spiro atoms. The number of hydrogen-bond acceptors (Lipinski definition) is 4. The van der Waals surface area contributed by atoms with Crippen molar-refractivity contribution < 1.29 is 18.7 Å². The monoisotopic (exact) mass is 303 g/mol. The standard InChI is InChI=1S/C11H14BrNO4/c1-11(2,3)17-10(15)13-8(5-14)9-4-7(12)6-16-9/h4-6,8H,1-3H3,(H,13,15). The second-order valence-electron chi connectivity index (χ2n) is 4.43. The van der Waals surface area contributed by atoms with E-state index in [2.05, 4.69) is 21.2 Å². The molecule has 0 aromatic carbocycles. The number of nitrogens with one attached hydrogen (secondary N) is 1. The summed E-state index contributed by atoms with van der Waals surface area (Å²) in [5, 5.41) is 2.41. The molecule has 1 atom stereocenters. The normalized spacial score (nSPS) is 12.9. The Balaban J connectivity index is 2.65. The van der Waals surface area contributed by atoms with Crippen LogP contribution in [0.5, 0.6) is 0 Å². The molecule has 1 heterocycles. The van der Waals surface area contributed by atoms with Gasteiger partial charge in [-0.25, -0.2) is 4.79 Å². The van der Waals surface area contributed by atoms with Gasteiger partial charge in [0.05, 0.1) is 4.47 Å². The van der Waals surface area contributed by atoms with Crippen molar-refractivity contribution in [3.05, 3.63) is 22.6 Å². The van der Waals surface area contributed by atoms with Crippen LogP contribution in [0.1, 0.15) is 32.6 Å². The van der Waals surface area contributed by atoms with Gasteiger partial charge in [0, 0.05) is 0 Å². The van der Waals surface area contributed by atoms with Crippen molar-refractivity contribution in [2.45, 2.75) is 32.4 Å². The largest absolute Gasteiger partial charge is 0.465 e. The molecule has 1 aromatic rings. The van der Waals surface area contributed by atoms with Crippen molar-refractivity contribution in [3.63, 3.8) is 0 Å². The maximum Gasteiger partial charge on any atom is 0.408 e. The molecule has 0 aliphatic rings. The van der Waals surface area contributed by atoms with Gasteiger partial charge in [-0.05, 0) is 42.8 Å². The number of ether oxygens (including phenoxy) is 1. The predicted molar refractivity (Wildman–Crippen MR) is 64.6 cm³/mol. The first-order chi connectivity index (χ1) is 7.81. The van der Waals surface area contributed by atoms with Crippen molar-refractivity contribution in [1.29, 1.82) is 0 Å². The van der Waals surface area contributed by atoms with E-state index in [1.165, 1.54) is 6.26 Å². The highest BCUT2D eigenvalue weighted by Gasteiger charge is 2.21. The number of rotatable bonds is 3. The van der Waals surface area contributed by atoms with Crippen LogP contribution in [0, 0.1) is 0 Å². The molecule has 0 bridgehead atoms. The maximum absolute atomic E-state index is 11.5. The Hall–Kier alpha value is -1.30. The van der Waals surface area contributed by atoms with Gasteiger partial charge in [-0.2, -0.15) is 0 Å². The van der Waals surface area contributed by atoms with E-state index in [0.29, 0.717) is 16.5 Å². The molecule has 1 unspecified atom stereocenters. The number of alkyl carbamates (subject to hydrolysis) is 1. The van der Waals surface area contributed by atoms with Gasteiger partial charge in [0.25, 0.3) is 0 Å². The van der Waals surface area contributed by atoms with E-state index in [0.717, 1.165) is 0 Å². The van der Waals surface area contributed by atoms with Gasteiger partial charge in [0.1, 0.15) is 30.0 Å². The van der Waals surface area contributed by atoms with Crippen LogP contribution in [0.15, 0.2) is 21.2 Å². The summed E-state index contributed by atoms with van der Waals surface area (Å²) in [4.78, 5) is 22.3. The van der Waals surface area contributed by atoms with Gasteiger partial charge in [0.15, 0.2) is 0 Å². The summed E-state index contributed by atoms with van der Waals surface area (Å²) in [6.07, 6.45) is 1.35. The summed E-state index contributed by atoms with van der Waals surface area (Å²) in [6, 6.07) is 0.757. The van der Waals surface area contributed by atoms with Gasteiger partial charge < -0.3 is 19.3 Å². The molecule has 1 aromatic heterocycles. The third-order valence-electron chi connectivity index (χ3n) is 1.70. The Labute approximate surface area is 108 Å². The summed E-state index contributed by atoms with van der Waals surface area (Å²) in [6.45, 7) is 5.23. The first kappa shape index (κ1) is 13.8. The van der Waals surface area contributed by atoms with Crippen LogP contribution in [0.2, 0.25) is 0 Å². The average Bonchev–Trinajstić information content (AvgIpc) is 2.58. The Morgan fingerprint density at radius 1 is 1.59 bits per heavy atom. The maximum atomic E-state index is 11.5. The van der Waals surface area contributed by atoms with E-state index < -0.39 is 17.7 Å². The molecular weight excluding hydrogens is 290 g/mol. The van der Waals surface area contributed by atoms with E-state index in [1.54, 1.807) is 26.8 Å². The number of carbonyl (C=O) groups excluding carboxylic acids is 2. The topological polar surface area (TPSA) is 68.5 Å². The van der Waals surface area contributed by atoms with Crippen LogP contribution in [0.25, 0.3) is 0 Å². The summed E-state index contributed by atoms with van der Waals surface area (Å²) in [7, 11) is 0. The molecular formula is C11H14BrNO4. The fraction of sp³-hybridized carbons (Fsp3) is 0.455. The zero-order valence-corrected chi connectivity index (χ0v) is 11.4. The van der Waals surface area contributed by atoms with Crippen LogP contribution in [0.4, 0.5) is 4.79 Å². The summed E-state index contributed by atoms with van der Waals surface area (Å²) in [5.41, 5.74) is -0.610. The molecule has 6 heteroatoms. The van der Waals surface area contributed by atoms with Gasteiger partial charge in [-0.15, -0.1) is 0 Å². The second kappa shape index (κ2) is 5.35. The smallest absolute Gasteiger partial charge is 0.408 e. The van der Waals surface area contributed by atoms with Crippen molar-refractivity contribution >= 4 is 28.3 Å². The second-order valence-corrected chi connectivity index (χ2v) is 5.34. The van der Waals surface area contributed by atoms with E-state index >= 15 is 0 Å². The Kier molecular flexibility index (Phi) is 4.34. The van der Waals surface area contributed by atoms with Gasteiger partial charge in [-0.1, -0.05) is 0 Å². The van der Waals surface area contributed by atoms with E-state index in [9.17, 15) is 9.59 Å². The molecule has 0 fully saturated rings. The van der Waals surface area contributed by atoms with Gasteiger partial charge in [-0.3, -0.25) is 0 Å². The van der Waals surface area contributed by atoms with Gasteiger partial charge >= 0.3 is 6.09 Å². The van der Waals surface area contributed by atoms with Crippen molar-refractivity contribution in [2.24, 2.45) is 0 Å². The van der Waals surface area contributed by atoms with Crippen LogP contribution < -0.4 is 5.32 Å².